The van der Waals surface area contributed by atoms with Crippen LogP contribution in [0.5, 0.6) is 0 Å². The molecule has 4 rings (SSSR count). The van der Waals surface area contributed by atoms with Gasteiger partial charge in [0.1, 0.15) is 0 Å². The molecule has 1 aromatic rings. The minimum atomic E-state index is -0.174. The van der Waals surface area contributed by atoms with Gasteiger partial charge in [-0.05, 0) is 24.3 Å². The topological polar surface area (TPSA) is 53.1 Å². The number of likely N-dealkylation sites (tertiary alicyclic amines) is 2. The number of hydrogen-bond donors (Lipinski definition) is 0. The minimum absolute atomic E-state index is 0.101. The first-order chi connectivity index (χ1) is 13.7. The first-order valence-corrected chi connectivity index (χ1v) is 10.6. The second-order valence-electron chi connectivity index (χ2n) is 8.34. The quantitative estimate of drug-likeness (QED) is 0.773. The lowest BCUT2D eigenvalue weighted by Crippen LogP contribution is -2.46. The van der Waals surface area contributed by atoms with E-state index in [9.17, 15) is 9.59 Å². The Hall–Kier alpha value is -1.92. The monoisotopic (exact) mass is 385 g/mol. The van der Waals surface area contributed by atoms with Crippen molar-refractivity contribution in [3.05, 3.63) is 35.9 Å². The molecule has 3 saturated heterocycles. The molecule has 3 fully saturated rings. The highest BCUT2D eigenvalue weighted by molar-refractivity contribution is 5.89. The number of nitrogens with zero attached hydrogens (tertiary/aromatic N) is 3. The van der Waals surface area contributed by atoms with E-state index >= 15 is 0 Å². The van der Waals surface area contributed by atoms with E-state index in [1.165, 1.54) is 0 Å². The molecule has 0 bridgehead atoms. The fourth-order valence-corrected chi connectivity index (χ4v) is 4.64. The van der Waals surface area contributed by atoms with Gasteiger partial charge in [0.25, 0.3) is 0 Å². The van der Waals surface area contributed by atoms with Gasteiger partial charge in [-0.1, -0.05) is 30.3 Å². The number of amides is 2. The summed E-state index contributed by atoms with van der Waals surface area (Å²) in [6.45, 7) is 7.68. The number of carbonyl (C=O) groups excluding carboxylic acids is 2. The van der Waals surface area contributed by atoms with E-state index in [4.69, 9.17) is 4.74 Å². The highest BCUT2D eigenvalue weighted by atomic mass is 16.5. The number of carbonyl (C=O) groups is 2. The maximum absolute atomic E-state index is 13.0. The highest BCUT2D eigenvalue weighted by Gasteiger charge is 2.37. The number of rotatable bonds is 5. The highest BCUT2D eigenvalue weighted by Crippen LogP contribution is 2.25. The van der Waals surface area contributed by atoms with Crippen molar-refractivity contribution in [3.8, 4) is 0 Å². The first-order valence-electron chi connectivity index (χ1n) is 10.6. The molecule has 0 radical (unpaired) electrons. The van der Waals surface area contributed by atoms with Gasteiger partial charge in [-0.2, -0.15) is 0 Å². The number of hydrogen-bond acceptors (Lipinski definition) is 4. The standard InChI is InChI=1S/C22H31N3O3/c26-21-14-20(17-25(21)16-18-4-2-1-3-5-18)22(27)24-8-6-19(7-9-24)15-23-10-12-28-13-11-23/h1-5,19-20H,6-17H2/t20-/m0/s1. The molecule has 3 aliphatic heterocycles. The van der Waals surface area contributed by atoms with Gasteiger partial charge in [0.2, 0.25) is 11.8 Å². The summed E-state index contributed by atoms with van der Waals surface area (Å²) in [5, 5.41) is 0. The fraction of sp³-hybridized carbons (Fsp3) is 0.636. The number of ether oxygens (including phenoxy) is 1. The van der Waals surface area contributed by atoms with Gasteiger partial charge < -0.3 is 14.5 Å². The summed E-state index contributed by atoms with van der Waals surface area (Å²) >= 11 is 0. The van der Waals surface area contributed by atoms with Crippen LogP contribution in [0.15, 0.2) is 30.3 Å². The molecule has 0 saturated carbocycles. The third-order valence-corrected chi connectivity index (χ3v) is 6.33. The van der Waals surface area contributed by atoms with E-state index in [1.54, 1.807) is 0 Å². The van der Waals surface area contributed by atoms with E-state index in [0.29, 0.717) is 25.4 Å². The largest absolute Gasteiger partial charge is 0.379 e. The van der Waals surface area contributed by atoms with Gasteiger partial charge in [-0.3, -0.25) is 14.5 Å². The van der Waals surface area contributed by atoms with Crippen molar-refractivity contribution >= 4 is 11.8 Å². The zero-order chi connectivity index (χ0) is 19.3. The summed E-state index contributed by atoms with van der Waals surface area (Å²) in [6, 6.07) is 10.0. The van der Waals surface area contributed by atoms with Gasteiger partial charge in [-0.25, -0.2) is 0 Å². The Balaban J connectivity index is 1.24. The lowest BCUT2D eigenvalue weighted by atomic mass is 9.94. The van der Waals surface area contributed by atoms with E-state index in [0.717, 1.165) is 64.3 Å². The molecular weight excluding hydrogens is 354 g/mol. The predicted molar refractivity (Wildman–Crippen MR) is 107 cm³/mol. The van der Waals surface area contributed by atoms with Crippen molar-refractivity contribution in [1.82, 2.24) is 14.7 Å². The predicted octanol–water partition coefficient (Wildman–Crippen LogP) is 1.61. The molecule has 152 valence electrons. The molecule has 3 aliphatic rings. The van der Waals surface area contributed by atoms with Gasteiger partial charge in [0, 0.05) is 52.2 Å². The number of piperidine rings is 1. The number of morpholine rings is 1. The SMILES string of the molecule is O=C1C[C@H](C(=O)N2CCC(CN3CCOCC3)CC2)CN1Cc1ccccc1. The molecule has 3 heterocycles. The van der Waals surface area contributed by atoms with Crippen LogP contribution in [0.3, 0.4) is 0 Å². The third-order valence-electron chi connectivity index (χ3n) is 6.33. The van der Waals surface area contributed by atoms with Crippen LogP contribution in [0, 0.1) is 11.8 Å². The Morgan fingerprint density at radius 2 is 1.75 bits per heavy atom. The summed E-state index contributed by atoms with van der Waals surface area (Å²) < 4.78 is 5.42. The van der Waals surface area contributed by atoms with E-state index in [-0.39, 0.29) is 17.7 Å². The maximum atomic E-state index is 13.0. The van der Waals surface area contributed by atoms with Crippen LogP contribution in [-0.2, 0) is 20.9 Å². The minimum Gasteiger partial charge on any atom is -0.379 e. The van der Waals surface area contributed by atoms with Crippen LogP contribution in [-0.4, -0.2) is 79.0 Å². The molecule has 0 aliphatic carbocycles. The number of benzene rings is 1. The summed E-state index contributed by atoms with van der Waals surface area (Å²) in [5.41, 5.74) is 1.12. The molecule has 0 unspecified atom stereocenters. The molecule has 6 nitrogen and oxygen atoms in total. The molecule has 6 heteroatoms. The molecular formula is C22H31N3O3. The van der Waals surface area contributed by atoms with Crippen LogP contribution in [0.1, 0.15) is 24.8 Å². The van der Waals surface area contributed by atoms with Crippen LogP contribution in [0.25, 0.3) is 0 Å². The Morgan fingerprint density at radius 1 is 1.04 bits per heavy atom. The first kappa shape index (κ1) is 19.4. The third kappa shape index (κ3) is 4.73. The maximum Gasteiger partial charge on any atom is 0.227 e. The lowest BCUT2D eigenvalue weighted by Gasteiger charge is -2.36. The van der Waals surface area contributed by atoms with Gasteiger partial charge in [0.15, 0.2) is 0 Å². The summed E-state index contributed by atoms with van der Waals surface area (Å²) in [5.74, 6) is 0.770. The van der Waals surface area contributed by atoms with Crippen LogP contribution < -0.4 is 0 Å². The van der Waals surface area contributed by atoms with Gasteiger partial charge >= 0.3 is 0 Å². The summed E-state index contributed by atoms with van der Waals surface area (Å²) in [4.78, 5) is 31.7. The van der Waals surface area contributed by atoms with E-state index in [1.807, 2.05) is 40.1 Å². The molecule has 2 amide bonds. The van der Waals surface area contributed by atoms with Crippen molar-refractivity contribution in [2.45, 2.75) is 25.8 Å². The van der Waals surface area contributed by atoms with Crippen LogP contribution in [0.4, 0.5) is 0 Å². The van der Waals surface area contributed by atoms with Gasteiger partial charge in [-0.15, -0.1) is 0 Å². The van der Waals surface area contributed by atoms with Crippen LogP contribution >= 0.6 is 0 Å². The van der Waals surface area contributed by atoms with Crippen molar-refractivity contribution in [3.63, 3.8) is 0 Å². The summed E-state index contributed by atoms with van der Waals surface area (Å²) in [6.07, 6.45) is 2.49. The van der Waals surface area contributed by atoms with E-state index < -0.39 is 0 Å². The average molecular weight is 386 g/mol. The van der Waals surface area contributed by atoms with Crippen LogP contribution in [0.2, 0.25) is 0 Å². The molecule has 0 aromatic heterocycles. The van der Waals surface area contributed by atoms with Crippen molar-refractivity contribution in [2.24, 2.45) is 11.8 Å². The Kier molecular flexibility index (Phi) is 6.27. The Labute approximate surface area is 167 Å². The normalized spacial score (nSPS) is 24.7. The molecule has 0 N–H and O–H groups in total. The smallest absolute Gasteiger partial charge is 0.227 e. The summed E-state index contributed by atoms with van der Waals surface area (Å²) in [7, 11) is 0. The zero-order valence-electron chi connectivity index (χ0n) is 16.6. The van der Waals surface area contributed by atoms with Crippen molar-refractivity contribution in [1.29, 1.82) is 0 Å². The Morgan fingerprint density at radius 3 is 2.46 bits per heavy atom. The lowest BCUT2D eigenvalue weighted by molar-refractivity contribution is -0.137. The van der Waals surface area contributed by atoms with Crippen molar-refractivity contribution in [2.75, 3.05) is 52.5 Å². The molecule has 1 aromatic carbocycles. The average Bonchev–Trinajstić information content (AvgIpc) is 3.10. The van der Waals surface area contributed by atoms with Gasteiger partial charge in [0.05, 0.1) is 19.1 Å². The second kappa shape index (κ2) is 9.05. The molecule has 1 atom stereocenters. The van der Waals surface area contributed by atoms with Crippen molar-refractivity contribution < 1.29 is 14.3 Å². The fourth-order valence-electron chi connectivity index (χ4n) is 4.64. The second-order valence-corrected chi connectivity index (χ2v) is 8.34. The Bertz CT molecular complexity index is 667. The zero-order valence-corrected chi connectivity index (χ0v) is 16.6. The van der Waals surface area contributed by atoms with E-state index in [2.05, 4.69) is 4.90 Å². The molecule has 28 heavy (non-hydrogen) atoms. The molecule has 0 spiro atoms.